The number of carbonyl (C=O) groups is 1. The zero-order valence-electron chi connectivity index (χ0n) is 13.0. The van der Waals surface area contributed by atoms with Gasteiger partial charge in [0.15, 0.2) is 17.3 Å². The molecule has 0 bridgehead atoms. The number of methoxy groups -OCH3 is 1. The Morgan fingerprint density at radius 3 is 2.52 bits per heavy atom. The molecule has 3 rings (SSSR count). The van der Waals surface area contributed by atoms with Crippen LogP contribution in [0.3, 0.4) is 0 Å². The first kappa shape index (κ1) is 15.0. The van der Waals surface area contributed by atoms with Gasteiger partial charge in [0, 0.05) is 17.8 Å². The van der Waals surface area contributed by atoms with Crippen molar-refractivity contribution < 1.29 is 19.0 Å². The Kier molecular flexibility index (Phi) is 4.19. The summed E-state index contributed by atoms with van der Waals surface area (Å²) in [6, 6.07) is 11.2. The van der Waals surface area contributed by atoms with E-state index >= 15 is 0 Å². The highest BCUT2D eigenvalue weighted by Crippen LogP contribution is 2.37. The van der Waals surface area contributed by atoms with E-state index in [4.69, 9.17) is 14.2 Å². The van der Waals surface area contributed by atoms with Crippen LogP contribution in [-0.4, -0.2) is 19.7 Å². The molecule has 0 unspecified atom stereocenters. The topological polar surface area (TPSA) is 56.8 Å². The van der Waals surface area contributed by atoms with E-state index in [1.165, 1.54) is 6.92 Å². The van der Waals surface area contributed by atoms with E-state index in [0.29, 0.717) is 22.7 Å². The van der Waals surface area contributed by atoms with Crippen molar-refractivity contribution in [2.45, 2.75) is 6.92 Å². The number of benzene rings is 2. The van der Waals surface area contributed by atoms with Crippen molar-refractivity contribution >= 4 is 17.5 Å². The van der Waals surface area contributed by atoms with Crippen molar-refractivity contribution in [1.82, 2.24) is 0 Å². The summed E-state index contributed by atoms with van der Waals surface area (Å²) in [5.74, 6) is 2.00. The molecule has 118 valence electrons. The molecule has 0 saturated heterocycles. The van der Waals surface area contributed by atoms with Crippen molar-refractivity contribution in [1.29, 1.82) is 0 Å². The molecule has 0 fully saturated rings. The number of hydrogen-bond acceptors (Lipinski definition) is 5. The number of ether oxygens (including phenoxy) is 3. The number of Topliss-reactive ketones (excluding diaryl/α,β-unsaturated/α-hetero) is 1. The molecule has 2 aromatic carbocycles. The molecule has 5 heteroatoms. The van der Waals surface area contributed by atoms with E-state index in [-0.39, 0.29) is 12.6 Å². The Bertz CT molecular complexity index is 750. The zero-order chi connectivity index (χ0) is 16.2. The van der Waals surface area contributed by atoms with Crippen LogP contribution in [0, 0.1) is 0 Å². The van der Waals surface area contributed by atoms with Gasteiger partial charge in [0.05, 0.1) is 12.8 Å². The van der Waals surface area contributed by atoms with Crippen LogP contribution in [0.25, 0.3) is 6.08 Å². The highest BCUT2D eigenvalue weighted by atomic mass is 16.7. The third kappa shape index (κ3) is 3.29. The van der Waals surface area contributed by atoms with Crippen molar-refractivity contribution in [2.24, 2.45) is 0 Å². The fourth-order valence-electron chi connectivity index (χ4n) is 2.30. The third-order valence-electron chi connectivity index (χ3n) is 3.52. The molecule has 1 heterocycles. The summed E-state index contributed by atoms with van der Waals surface area (Å²) in [7, 11) is 1.63. The molecule has 0 radical (unpaired) electrons. The summed E-state index contributed by atoms with van der Waals surface area (Å²) < 4.78 is 15.8. The Hall–Kier alpha value is -2.95. The minimum Gasteiger partial charge on any atom is -0.497 e. The molecule has 0 amide bonds. The summed E-state index contributed by atoms with van der Waals surface area (Å²) in [6.07, 6.45) is 3.69. The van der Waals surface area contributed by atoms with Gasteiger partial charge >= 0.3 is 0 Å². The number of hydrogen-bond donors (Lipinski definition) is 1. The first-order chi connectivity index (χ1) is 11.2. The lowest BCUT2D eigenvalue weighted by Crippen LogP contribution is -1.99. The van der Waals surface area contributed by atoms with Crippen LogP contribution in [-0.2, 0) is 0 Å². The summed E-state index contributed by atoms with van der Waals surface area (Å²) in [6.45, 7) is 1.70. The SMILES string of the molecule is COc1ccc(/C=C\Nc2cc3c(cc2C(C)=O)OCO3)cc1. The van der Waals surface area contributed by atoms with Crippen LogP contribution in [0.5, 0.6) is 17.2 Å². The summed E-state index contributed by atoms with van der Waals surface area (Å²) >= 11 is 0. The van der Waals surface area contributed by atoms with Crippen LogP contribution in [0.4, 0.5) is 5.69 Å². The minimum absolute atomic E-state index is 0.0383. The van der Waals surface area contributed by atoms with Gasteiger partial charge in [0.1, 0.15) is 5.75 Å². The van der Waals surface area contributed by atoms with Gasteiger partial charge in [-0.25, -0.2) is 0 Å². The number of ketones is 1. The van der Waals surface area contributed by atoms with Crippen LogP contribution < -0.4 is 19.5 Å². The summed E-state index contributed by atoms with van der Waals surface area (Å²) in [5, 5.41) is 3.13. The molecule has 5 nitrogen and oxygen atoms in total. The van der Waals surface area contributed by atoms with E-state index in [0.717, 1.165) is 11.3 Å². The number of rotatable bonds is 5. The molecule has 1 N–H and O–H groups in total. The Morgan fingerprint density at radius 1 is 1.17 bits per heavy atom. The first-order valence-electron chi connectivity index (χ1n) is 7.19. The van der Waals surface area contributed by atoms with Crippen LogP contribution >= 0.6 is 0 Å². The standard InChI is InChI=1S/C18H17NO4/c1-12(20)15-9-17-18(23-11-22-17)10-16(15)19-8-7-13-3-5-14(21-2)6-4-13/h3-10,19H,11H2,1-2H3/b8-7-. The molecular formula is C18H17NO4. The van der Waals surface area contributed by atoms with Gasteiger partial charge in [-0.2, -0.15) is 0 Å². The number of fused-ring (bicyclic) bond motifs is 1. The molecular weight excluding hydrogens is 294 g/mol. The lowest BCUT2D eigenvalue weighted by atomic mass is 10.1. The molecule has 0 aliphatic carbocycles. The molecule has 0 atom stereocenters. The van der Waals surface area contributed by atoms with Gasteiger partial charge < -0.3 is 19.5 Å². The van der Waals surface area contributed by atoms with Gasteiger partial charge in [-0.1, -0.05) is 12.1 Å². The van der Waals surface area contributed by atoms with Gasteiger partial charge in [-0.15, -0.1) is 0 Å². The molecule has 23 heavy (non-hydrogen) atoms. The average Bonchev–Trinajstić information content (AvgIpc) is 3.02. The maximum absolute atomic E-state index is 11.8. The van der Waals surface area contributed by atoms with Gasteiger partial charge in [0.25, 0.3) is 0 Å². The monoisotopic (exact) mass is 311 g/mol. The smallest absolute Gasteiger partial charge is 0.231 e. The second kappa shape index (κ2) is 6.44. The van der Waals surface area contributed by atoms with Crippen LogP contribution in [0.15, 0.2) is 42.6 Å². The Labute approximate surface area is 134 Å². The molecule has 1 aliphatic rings. The highest BCUT2D eigenvalue weighted by molar-refractivity contribution is 6.00. The van der Waals surface area contributed by atoms with Crippen molar-refractivity contribution in [2.75, 3.05) is 19.2 Å². The lowest BCUT2D eigenvalue weighted by molar-refractivity contribution is 0.101. The van der Waals surface area contributed by atoms with E-state index in [1.54, 1.807) is 25.4 Å². The van der Waals surface area contributed by atoms with Crippen LogP contribution in [0.2, 0.25) is 0 Å². The maximum atomic E-state index is 11.8. The average molecular weight is 311 g/mol. The maximum Gasteiger partial charge on any atom is 0.231 e. The van der Waals surface area contributed by atoms with Crippen LogP contribution in [0.1, 0.15) is 22.8 Å². The Balaban J connectivity index is 1.79. The lowest BCUT2D eigenvalue weighted by Gasteiger charge is -2.08. The quantitative estimate of drug-likeness (QED) is 0.853. The molecule has 0 saturated carbocycles. The van der Waals surface area contributed by atoms with E-state index < -0.39 is 0 Å². The second-order valence-corrected chi connectivity index (χ2v) is 5.06. The first-order valence-corrected chi connectivity index (χ1v) is 7.19. The normalized spacial score (nSPS) is 12.4. The van der Waals surface area contributed by atoms with E-state index in [1.807, 2.05) is 30.3 Å². The summed E-state index contributed by atoms with van der Waals surface area (Å²) in [4.78, 5) is 11.8. The van der Waals surface area contributed by atoms with Gasteiger partial charge in [0.2, 0.25) is 6.79 Å². The zero-order valence-corrected chi connectivity index (χ0v) is 13.0. The van der Waals surface area contributed by atoms with Gasteiger partial charge in [-0.05, 0) is 36.8 Å². The number of nitrogens with one attached hydrogen (secondary N) is 1. The summed E-state index contributed by atoms with van der Waals surface area (Å²) in [5.41, 5.74) is 2.27. The fraction of sp³-hybridized carbons (Fsp3) is 0.167. The predicted molar refractivity (Wildman–Crippen MR) is 88.2 cm³/mol. The largest absolute Gasteiger partial charge is 0.497 e. The van der Waals surface area contributed by atoms with Gasteiger partial charge in [-0.3, -0.25) is 4.79 Å². The molecule has 2 aromatic rings. The molecule has 0 aromatic heterocycles. The van der Waals surface area contributed by atoms with Crippen molar-refractivity contribution in [3.8, 4) is 17.2 Å². The van der Waals surface area contributed by atoms with Crippen molar-refractivity contribution in [3.63, 3.8) is 0 Å². The van der Waals surface area contributed by atoms with E-state index in [9.17, 15) is 4.79 Å². The van der Waals surface area contributed by atoms with E-state index in [2.05, 4.69) is 5.32 Å². The fourth-order valence-corrected chi connectivity index (χ4v) is 2.30. The predicted octanol–water partition coefficient (Wildman–Crippen LogP) is 3.71. The third-order valence-corrected chi connectivity index (χ3v) is 3.52. The van der Waals surface area contributed by atoms with Crippen molar-refractivity contribution in [3.05, 3.63) is 53.7 Å². The number of anilines is 1. The number of carbonyl (C=O) groups excluding carboxylic acids is 1. The molecule has 1 aliphatic heterocycles. The molecule has 0 spiro atoms. The minimum atomic E-state index is -0.0383. The Morgan fingerprint density at radius 2 is 1.87 bits per heavy atom. The highest BCUT2D eigenvalue weighted by Gasteiger charge is 2.18. The second-order valence-electron chi connectivity index (χ2n) is 5.06.